The van der Waals surface area contributed by atoms with Gasteiger partial charge < -0.3 is 11.1 Å². The molecule has 0 saturated heterocycles. The highest BCUT2D eigenvalue weighted by molar-refractivity contribution is 6.31. The second kappa shape index (κ2) is 8.30. The molecule has 0 fully saturated rings. The second-order valence-corrected chi connectivity index (χ2v) is 6.55. The number of rotatable bonds is 5. The fraction of sp³-hybridized carbons (Fsp3) is 0.158. The summed E-state index contributed by atoms with van der Waals surface area (Å²) in [7, 11) is 0. The van der Waals surface area contributed by atoms with E-state index in [1.807, 2.05) is 0 Å². The molecule has 1 atom stereocenters. The van der Waals surface area contributed by atoms with Crippen molar-refractivity contribution < 1.29 is 22.0 Å². The molecule has 1 aromatic heterocycles. The quantitative estimate of drug-likeness (QED) is 0.548. The van der Waals surface area contributed by atoms with Crippen molar-refractivity contribution in [1.29, 1.82) is 0 Å². The number of alkyl halides is 3. The summed E-state index contributed by atoms with van der Waals surface area (Å²) in [5.74, 6) is -1.62. The lowest BCUT2D eigenvalue weighted by atomic mass is 10.1. The maximum atomic E-state index is 13.3. The van der Waals surface area contributed by atoms with Crippen LogP contribution in [0.15, 0.2) is 48.8 Å². The van der Waals surface area contributed by atoms with Crippen molar-refractivity contribution in [2.45, 2.75) is 12.2 Å². The van der Waals surface area contributed by atoms with E-state index in [0.717, 1.165) is 18.2 Å². The zero-order valence-corrected chi connectivity index (χ0v) is 15.4. The van der Waals surface area contributed by atoms with Gasteiger partial charge in [0.1, 0.15) is 12.1 Å². The van der Waals surface area contributed by atoms with Crippen LogP contribution in [0.5, 0.6) is 0 Å². The Bertz CT molecular complexity index is 1030. The lowest BCUT2D eigenvalue weighted by molar-refractivity contribution is -0.137. The number of aromatic nitrogens is 2. The van der Waals surface area contributed by atoms with Gasteiger partial charge in [-0.3, -0.25) is 0 Å². The summed E-state index contributed by atoms with van der Waals surface area (Å²) in [6.07, 6.45) is -3.32. The van der Waals surface area contributed by atoms with Gasteiger partial charge in [0, 0.05) is 24.2 Å². The van der Waals surface area contributed by atoms with Crippen LogP contribution in [0, 0.1) is 11.6 Å². The minimum Gasteiger partial charge on any atom is -0.368 e. The summed E-state index contributed by atoms with van der Waals surface area (Å²) < 4.78 is 64.8. The molecule has 0 spiro atoms. The van der Waals surface area contributed by atoms with Crippen LogP contribution in [0.25, 0.3) is 11.3 Å². The predicted octanol–water partition coefficient (Wildman–Crippen LogP) is 5.21. The molecule has 0 amide bonds. The van der Waals surface area contributed by atoms with Crippen molar-refractivity contribution in [3.63, 3.8) is 0 Å². The zero-order chi connectivity index (χ0) is 21.2. The van der Waals surface area contributed by atoms with Crippen LogP contribution in [-0.4, -0.2) is 16.5 Å². The summed E-state index contributed by atoms with van der Waals surface area (Å²) in [6, 6.07) is 7.54. The number of benzene rings is 2. The highest BCUT2D eigenvalue weighted by atomic mass is 35.5. The molecule has 0 aliphatic heterocycles. The Kier molecular flexibility index (Phi) is 5.99. The Labute approximate surface area is 167 Å². The van der Waals surface area contributed by atoms with Crippen LogP contribution >= 0.6 is 11.6 Å². The highest BCUT2D eigenvalue weighted by Gasteiger charge is 2.33. The maximum Gasteiger partial charge on any atom is 0.417 e. The van der Waals surface area contributed by atoms with Crippen LogP contribution in [0.2, 0.25) is 5.02 Å². The highest BCUT2D eigenvalue weighted by Crippen LogP contribution is 2.36. The van der Waals surface area contributed by atoms with Gasteiger partial charge >= 0.3 is 6.18 Å². The van der Waals surface area contributed by atoms with E-state index in [-0.39, 0.29) is 6.54 Å². The molecule has 0 bridgehead atoms. The molecule has 4 nitrogen and oxygen atoms in total. The third kappa shape index (κ3) is 4.99. The number of halogens is 6. The Hall–Kier alpha value is -2.78. The molecule has 0 radical (unpaired) electrons. The van der Waals surface area contributed by atoms with Crippen molar-refractivity contribution in [3.8, 4) is 11.3 Å². The molecule has 29 heavy (non-hydrogen) atoms. The van der Waals surface area contributed by atoms with E-state index >= 15 is 0 Å². The Morgan fingerprint density at radius 2 is 1.76 bits per heavy atom. The number of nitrogens with zero attached hydrogens (tertiary/aromatic N) is 2. The largest absolute Gasteiger partial charge is 0.417 e. The van der Waals surface area contributed by atoms with Gasteiger partial charge in [-0.05, 0) is 29.8 Å². The molecule has 3 aromatic rings. The van der Waals surface area contributed by atoms with Gasteiger partial charge in [-0.1, -0.05) is 23.7 Å². The summed E-state index contributed by atoms with van der Waals surface area (Å²) in [5, 5.41) is 2.49. The SMILES string of the molecule is N[C@H](CNc1cc(-c2ccc(C(F)(F)F)c(Cl)c2)ncn1)c1ccc(F)c(F)c1. The fourth-order valence-electron chi connectivity index (χ4n) is 2.59. The standard InChI is InChI=1S/C19H14ClF5N4/c20-13-5-11(1-3-12(13)19(23,24)25)17-7-18(29-9-28-17)27-8-16(26)10-2-4-14(21)15(22)6-10/h1-7,9,16H,8,26H2,(H,27,28,29)/t16-/m1/s1. The molecule has 0 aliphatic rings. The van der Waals surface area contributed by atoms with E-state index in [4.69, 9.17) is 17.3 Å². The average Bonchev–Trinajstić information content (AvgIpc) is 2.67. The lowest BCUT2D eigenvalue weighted by Crippen LogP contribution is -2.21. The lowest BCUT2D eigenvalue weighted by Gasteiger charge is -2.14. The van der Waals surface area contributed by atoms with Gasteiger partial charge in [0.2, 0.25) is 0 Å². The van der Waals surface area contributed by atoms with Crippen LogP contribution in [0.1, 0.15) is 17.2 Å². The monoisotopic (exact) mass is 428 g/mol. The van der Waals surface area contributed by atoms with E-state index in [1.165, 1.54) is 30.6 Å². The molecule has 3 N–H and O–H groups in total. The Morgan fingerprint density at radius 3 is 2.41 bits per heavy atom. The average molecular weight is 429 g/mol. The molecule has 2 aromatic carbocycles. The molecule has 0 aliphatic carbocycles. The van der Waals surface area contributed by atoms with Gasteiger partial charge in [0.25, 0.3) is 0 Å². The van der Waals surface area contributed by atoms with Crippen molar-refractivity contribution in [1.82, 2.24) is 9.97 Å². The molecule has 0 unspecified atom stereocenters. The van der Waals surface area contributed by atoms with Gasteiger partial charge in [-0.25, -0.2) is 18.7 Å². The summed E-state index contributed by atoms with van der Waals surface area (Å²) >= 11 is 5.75. The molecule has 152 valence electrons. The minimum absolute atomic E-state index is 0.148. The smallest absolute Gasteiger partial charge is 0.368 e. The number of nitrogens with one attached hydrogen (secondary N) is 1. The fourth-order valence-corrected chi connectivity index (χ4v) is 2.88. The van der Waals surface area contributed by atoms with Crippen molar-refractivity contribution in [2.75, 3.05) is 11.9 Å². The van der Waals surface area contributed by atoms with E-state index in [1.54, 1.807) is 0 Å². The maximum absolute atomic E-state index is 13.3. The number of anilines is 1. The minimum atomic E-state index is -4.55. The first-order chi connectivity index (χ1) is 13.6. The zero-order valence-electron chi connectivity index (χ0n) is 14.6. The van der Waals surface area contributed by atoms with E-state index in [0.29, 0.717) is 22.6 Å². The predicted molar refractivity (Wildman–Crippen MR) is 99.3 cm³/mol. The van der Waals surface area contributed by atoms with Crippen LogP contribution in [0.3, 0.4) is 0 Å². The normalized spacial score (nSPS) is 12.7. The molecule has 1 heterocycles. The van der Waals surface area contributed by atoms with Crippen LogP contribution < -0.4 is 11.1 Å². The second-order valence-electron chi connectivity index (χ2n) is 6.14. The van der Waals surface area contributed by atoms with Crippen molar-refractivity contribution in [2.24, 2.45) is 5.73 Å². The first-order valence-corrected chi connectivity index (χ1v) is 8.66. The molecule has 0 saturated carbocycles. The van der Waals surface area contributed by atoms with Gasteiger partial charge in [0.05, 0.1) is 16.3 Å². The van der Waals surface area contributed by atoms with Gasteiger partial charge in [0.15, 0.2) is 11.6 Å². The van der Waals surface area contributed by atoms with Gasteiger partial charge in [-0.2, -0.15) is 13.2 Å². The third-order valence-electron chi connectivity index (χ3n) is 4.11. The van der Waals surface area contributed by atoms with Crippen LogP contribution in [0.4, 0.5) is 27.8 Å². The first kappa shape index (κ1) is 20.9. The summed E-state index contributed by atoms with van der Waals surface area (Å²) in [6.45, 7) is 0.148. The first-order valence-electron chi connectivity index (χ1n) is 8.28. The van der Waals surface area contributed by atoms with Crippen molar-refractivity contribution >= 4 is 17.4 Å². The van der Waals surface area contributed by atoms with Crippen molar-refractivity contribution in [3.05, 3.63) is 76.6 Å². The topological polar surface area (TPSA) is 63.8 Å². The third-order valence-corrected chi connectivity index (χ3v) is 4.42. The van der Waals surface area contributed by atoms with E-state index in [9.17, 15) is 22.0 Å². The number of nitrogens with two attached hydrogens (primary N) is 1. The van der Waals surface area contributed by atoms with Gasteiger partial charge in [-0.15, -0.1) is 0 Å². The molecular weight excluding hydrogens is 415 g/mol. The Morgan fingerprint density at radius 1 is 1.00 bits per heavy atom. The summed E-state index contributed by atoms with van der Waals surface area (Å²) in [4.78, 5) is 8.05. The molecule has 10 heteroatoms. The number of hydrogen-bond donors (Lipinski definition) is 2. The van der Waals surface area contributed by atoms with E-state index in [2.05, 4.69) is 15.3 Å². The number of hydrogen-bond acceptors (Lipinski definition) is 4. The Balaban J connectivity index is 1.74. The van der Waals surface area contributed by atoms with Crippen LogP contribution in [-0.2, 0) is 6.18 Å². The summed E-state index contributed by atoms with van der Waals surface area (Å²) in [5.41, 5.74) is 6.14. The molecule has 3 rings (SSSR count). The van der Waals surface area contributed by atoms with E-state index < -0.39 is 34.4 Å². The molecular formula is C19H14ClF5N4.